The highest BCUT2D eigenvalue weighted by Crippen LogP contribution is 2.41. The van der Waals surface area contributed by atoms with Crippen molar-refractivity contribution in [2.75, 3.05) is 13.2 Å². The topological polar surface area (TPSA) is 79.7 Å². The van der Waals surface area contributed by atoms with Crippen LogP contribution in [0.1, 0.15) is 71.2 Å². The molecular weight excluding hydrogens is 424 g/mol. The molecule has 0 aliphatic carbocycles. The lowest BCUT2D eigenvalue weighted by atomic mass is 9.85. The normalized spacial score (nSPS) is 21.7. The number of ether oxygens (including phenoxy) is 1. The average Bonchev–Trinajstić information content (AvgIpc) is 3.42. The third kappa shape index (κ3) is 4.11. The first-order valence-corrected chi connectivity index (χ1v) is 11.8. The van der Waals surface area contributed by atoms with Gasteiger partial charge >= 0.3 is 0 Å². The van der Waals surface area contributed by atoms with Gasteiger partial charge in [0, 0.05) is 13.2 Å². The molecule has 0 radical (unpaired) electrons. The van der Waals surface area contributed by atoms with Crippen molar-refractivity contribution in [3.8, 4) is 0 Å². The van der Waals surface area contributed by atoms with Crippen LogP contribution in [0.15, 0.2) is 35.6 Å². The van der Waals surface area contributed by atoms with Gasteiger partial charge < -0.3 is 14.7 Å². The number of rotatable bonds is 5. The molecule has 0 saturated carbocycles. The zero-order valence-electron chi connectivity index (χ0n) is 19.3. The maximum atomic E-state index is 13.6. The number of aryl methyl sites for hydroxylation is 2. The van der Waals surface area contributed by atoms with Crippen molar-refractivity contribution < 1.29 is 19.4 Å². The molecule has 6 nitrogen and oxygen atoms in total. The summed E-state index contributed by atoms with van der Waals surface area (Å²) in [5.41, 5.74) is 2.68. The van der Waals surface area contributed by atoms with Crippen LogP contribution in [0.4, 0.5) is 0 Å². The van der Waals surface area contributed by atoms with Gasteiger partial charge in [0.2, 0.25) is 5.78 Å². The number of aliphatic hydroxyl groups excluding tert-OH is 1. The smallest absolute Gasteiger partial charge is 0.290 e. The lowest BCUT2D eigenvalue weighted by Crippen LogP contribution is -2.37. The molecule has 1 amide bonds. The van der Waals surface area contributed by atoms with Gasteiger partial charge in [0.05, 0.1) is 33.3 Å². The van der Waals surface area contributed by atoms with Crippen molar-refractivity contribution in [2.24, 2.45) is 0 Å². The summed E-state index contributed by atoms with van der Waals surface area (Å²) in [5.74, 6) is -1.32. The number of carbonyl (C=O) groups is 2. The molecule has 1 saturated heterocycles. The number of aromatic nitrogens is 1. The minimum atomic E-state index is -0.657. The maximum Gasteiger partial charge on any atom is 0.290 e. The van der Waals surface area contributed by atoms with E-state index in [4.69, 9.17) is 4.74 Å². The van der Waals surface area contributed by atoms with Crippen molar-refractivity contribution in [3.05, 3.63) is 62.3 Å². The quantitative estimate of drug-likeness (QED) is 0.656. The number of thiazole rings is 1. The molecule has 0 spiro atoms. The fourth-order valence-electron chi connectivity index (χ4n) is 4.46. The van der Waals surface area contributed by atoms with Crippen molar-refractivity contribution in [1.82, 2.24) is 9.88 Å². The molecule has 2 aliphatic heterocycles. The van der Waals surface area contributed by atoms with E-state index < -0.39 is 17.7 Å². The fraction of sp³-hybridized carbons (Fsp3) is 0.480. The van der Waals surface area contributed by atoms with E-state index in [0.717, 1.165) is 29.0 Å². The highest BCUT2D eigenvalue weighted by Gasteiger charge is 2.45. The second kappa shape index (κ2) is 8.45. The zero-order valence-corrected chi connectivity index (χ0v) is 20.1. The molecule has 2 unspecified atom stereocenters. The van der Waals surface area contributed by atoms with Gasteiger partial charge in [-0.1, -0.05) is 45.0 Å². The number of hydrogen-bond donors (Lipinski definition) is 1. The maximum absolute atomic E-state index is 13.6. The number of ketones is 1. The number of amides is 1. The van der Waals surface area contributed by atoms with E-state index in [0.29, 0.717) is 23.7 Å². The van der Waals surface area contributed by atoms with Gasteiger partial charge in [-0.2, -0.15) is 0 Å². The van der Waals surface area contributed by atoms with E-state index in [1.165, 1.54) is 11.3 Å². The van der Waals surface area contributed by atoms with Crippen LogP contribution < -0.4 is 0 Å². The predicted molar refractivity (Wildman–Crippen MR) is 124 cm³/mol. The largest absolute Gasteiger partial charge is 0.503 e. The zero-order chi connectivity index (χ0) is 23.2. The molecule has 2 aromatic rings. The Balaban J connectivity index is 1.77. The summed E-state index contributed by atoms with van der Waals surface area (Å²) in [7, 11) is 0. The van der Waals surface area contributed by atoms with Crippen LogP contribution in [0.3, 0.4) is 0 Å². The Hall–Kier alpha value is -2.51. The van der Waals surface area contributed by atoms with Gasteiger partial charge in [-0.15, -0.1) is 11.3 Å². The van der Waals surface area contributed by atoms with Crippen molar-refractivity contribution in [1.29, 1.82) is 0 Å². The van der Waals surface area contributed by atoms with E-state index >= 15 is 0 Å². The van der Waals surface area contributed by atoms with Crippen LogP contribution in [0.25, 0.3) is 0 Å². The van der Waals surface area contributed by atoms with E-state index in [-0.39, 0.29) is 22.9 Å². The molecule has 2 aliphatic rings. The number of Topliss-reactive ketones (excluding diaryl/α,β-unsaturated/α-hetero) is 1. The van der Waals surface area contributed by atoms with Crippen molar-refractivity contribution in [2.45, 2.75) is 65.0 Å². The molecule has 0 bridgehead atoms. The number of nitrogens with zero attached hydrogens (tertiary/aromatic N) is 2. The van der Waals surface area contributed by atoms with Crippen LogP contribution in [0.2, 0.25) is 0 Å². The van der Waals surface area contributed by atoms with Gasteiger partial charge in [0.25, 0.3) is 5.91 Å². The van der Waals surface area contributed by atoms with Crippen LogP contribution in [-0.4, -0.2) is 45.9 Å². The third-order valence-electron chi connectivity index (χ3n) is 6.17. The Bertz CT molecular complexity index is 1070. The molecule has 1 fully saturated rings. The predicted octanol–water partition coefficient (Wildman–Crippen LogP) is 4.81. The summed E-state index contributed by atoms with van der Waals surface area (Å²) in [6.07, 6.45) is 1.71. The van der Waals surface area contributed by atoms with Gasteiger partial charge in [-0.05, 0) is 43.2 Å². The monoisotopic (exact) mass is 454 g/mol. The lowest BCUT2D eigenvalue weighted by molar-refractivity contribution is -0.131. The summed E-state index contributed by atoms with van der Waals surface area (Å²) in [5, 5.41) is 11.6. The molecule has 1 aromatic heterocycles. The Morgan fingerprint density at radius 2 is 1.94 bits per heavy atom. The van der Waals surface area contributed by atoms with Gasteiger partial charge in [0.1, 0.15) is 0 Å². The highest BCUT2D eigenvalue weighted by molar-refractivity contribution is 7.14. The highest BCUT2D eigenvalue weighted by atomic mass is 32.1. The second-order valence-electron chi connectivity index (χ2n) is 9.61. The van der Waals surface area contributed by atoms with Crippen LogP contribution in [-0.2, 0) is 14.9 Å². The average molecular weight is 455 g/mol. The number of carbonyl (C=O) groups excluding carboxylic acids is 2. The van der Waals surface area contributed by atoms with E-state index in [1.54, 1.807) is 11.8 Å². The summed E-state index contributed by atoms with van der Waals surface area (Å²) < 4.78 is 5.76. The Kier molecular flexibility index (Phi) is 5.98. The molecule has 4 rings (SSSR count). The van der Waals surface area contributed by atoms with Gasteiger partial charge in [-0.3, -0.25) is 9.59 Å². The molecule has 170 valence electrons. The third-order valence-corrected chi connectivity index (χ3v) is 7.25. The Morgan fingerprint density at radius 1 is 1.25 bits per heavy atom. The minimum absolute atomic E-state index is 0.0185. The van der Waals surface area contributed by atoms with E-state index in [9.17, 15) is 14.7 Å². The first-order chi connectivity index (χ1) is 15.1. The number of benzene rings is 1. The van der Waals surface area contributed by atoms with E-state index in [1.807, 2.05) is 31.2 Å². The Labute approximate surface area is 192 Å². The fourth-order valence-corrected chi connectivity index (χ4v) is 5.33. The molecule has 3 heterocycles. The molecule has 1 N–H and O–H groups in total. The van der Waals surface area contributed by atoms with Gasteiger partial charge in [0.15, 0.2) is 5.76 Å². The van der Waals surface area contributed by atoms with E-state index in [2.05, 4.69) is 25.8 Å². The minimum Gasteiger partial charge on any atom is -0.503 e. The first-order valence-electron chi connectivity index (χ1n) is 11.0. The lowest BCUT2D eigenvalue weighted by Gasteiger charge is -2.29. The summed E-state index contributed by atoms with van der Waals surface area (Å²) >= 11 is 1.29. The first kappa shape index (κ1) is 22.7. The second-order valence-corrected chi connectivity index (χ2v) is 10.8. The molecule has 2 atom stereocenters. The Morgan fingerprint density at radius 3 is 2.47 bits per heavy atom. The van der Waals surface area contributed by atoms with Crippen molar-refractivity contribution in [3.63, 3.8) is 0 Å². The SMILES string of the molecule is Cc1nc(C)c(C(=O)C2=C(O)C(=O)N(CC3CCCO3)C2c2ccc(C(C)(C)C)cc2)s1. The van der Waals surface area contributed by atoms with Gasteiger partial charge in [-0.25, -0.2) is 4.98 Å². The van der Waals surface area contributed by atoms with Crippen molar-refractivity contribution >= 4 is 23.0 Å². The molecule has 1 aromatic carbocycles. The number of hydrogen-bond acceptors (Lipinski definition) is 6. The number of aliphatic hydroxyl groups is 1. The molecule has 7 heteroatoms. The molecule has 32 heavy (non-hydrogen) atoms. The summed E-state index contributed by atoms with van der Waals surface area (Å²) in [6.45, 7) is 11.0. The summed E-state index contributed by atoms with van der Waals surface area (Å²) in [4.78, 5) is 33.1. The summed E-state index contributed by atoms with van der Waals surface area (Å²) in [6, 6.07) is 7.32. The van der Waals surface area contributed by atoms with Crippen LogP contribution in [0.5, 0.6) is 0 Å². The van der Waals surface area contributed by atoms with Crippen LogP contribution in [0, 0.1) is 13.8 Å². The van der Waals surface area contributed by atoms with Crippen LogP contribution >= 0.6 is 11.3 Å². The molecular formula is C25H30N2O4S. The standard InChI is InChI=1S/C25H30N2O4S/c1-14-23(32-15(2)26-14)21(28)19-20(16-8-10-17(11-9-16)25(3,4)5)27(24(30)22(19)29)13-18-7-6-12-31-18/h8-11,18,20,29H,6-7,12-13H2,1-5H3.